The van der Waals surface area contributed by atoms with E-state index in [4.69, 9.17) is 4.74 Å². The van der Waals surface area contributed by atoms with E-state index in [1.165, 1.54) is 4.90 Å². The van der Waals surface area contributed by atoms with Gasteiger partial charge in [-0.05, 0) is 31.0 Å². The zero-order valence-corrected chi connectivity index (χ0v) is 14.6. The second-order valence-corrected chi connectivity index (χ2v) is 6.14. The summed E-state index contributed by atoms with van der Waals surface area (Å²) in [6.45, 7) is 2.95. The molecule has 1 heterocycles. The zero-order chi connectivity index (χ0) is 18.3. The highest BCUT2D eigenvalue weighted by Crippen LogP contribution is 2.19. The topological polar surface area (TPSA) is 48.9 Å². The number of halogens is 3. The third kappa shape index (κ3) is 7.21. The normalized spacial score (nSPS) is 19.1. The van der Waals surface area contributed by atoms with Crippen LogP contribution in [0.2, 0.25) is 0 Å². The molecular formula is C17H25F3N4O. The third-order valence-corrected chi connectivity index (χ3v) is 3.89. The van der Waals surface area contributed by atoms with E-state index >= 15 is 0 Å². The molecule has 0 spiro atoms. The Balaban J connectivity index is 1.67. The Kier molecular flexibility index (Phi) is 6.92. The number of aliphatic imine (C=N–C) groups is 1. The summed E-state index contributed by atoms with van der Waals surface area (Å²) >= 11 is 0. The summed E-state index contributed by atoms with van der Waals surface area (Å²) in [6, 6.07) is 7.76. The number of likely N-dealkylation sites (tertiary alicyclic amines) is 1. The van der Waals surface area contributed by atoms with Gasteiger partial charge in [0.15, 0.2) is 5.96 Å². The van der Waals surface area contributed by atoms with Crippen LogP contribution < -0.4 is 15.4 Å². The number of rotatable bonds is 6. The Bertz CT molecular complexity index is 577. The molecule has 1 fully saturated rings. The maximum atomic E-state index is 12.4. The Morgan fingerprint density at radius 1 is 1.40 bits per heavy atom. The summed E-state index contributed by atoms with van der Waals surface area (Å²) in [4.78, 5) is 5.52. The molecule has 1 aliphatic rings. The van der Waals surface area contributed by atoms with Crippen molar-refractivity contribution in [2.75, 3.05) is 39.8 Å². The van der Waals surface area contributed by atoms with Gasteiger partial charge in [0.05, 0.1) is 13.1 Å². The van der Waals surface area contributed by atoms with Crippen LogP contribution in [0.5, 0.6) is 5.75 Å². The first-order valence-electron chi connectivity index (χ1n) is 8.31. The van der Waals surface area contributed by atoms with Crippen LogP contribution in [0.4, 0.5) is 13.2 Å². The average Bonchev–Trinajstić information content (AvgIpc) is 2.95. The Morgan fingerprint density at radius 2 is 2.20 bits per heavy atom. The highest BCUT2D eigenvalue weighted by atomic mass is 19.4. The van der Waals surface area contributed by atoms with Crippen molar-refractivity contribution in [1.29, 1.82) is 0 Å². The molecular weight excluding hydrogens is 333 g/mol. The molecule has 140 valence electrons. The standard InChI is InChI=1S/C17H25F3N4O/c1-13-4-3-5-15(10-13)25-9-7-22-16(21-2)23-14-6-8-24(11-14)12-17(18,19)20/h3-5,10,14H,6-9,11-12H2,1-2H3,(H2,21,22,23). The van der Waals surface area contributed by atoms with Crippen molar-refractivity contribution in [3.8, 4) is 5.75 Å². The highest BCUT2D eigenvalue weighted by molar-refractivity contribution is 5.80. The average molecular weight is 358 g/mol. The van der Waals surface area contributed by atoms with Crippen molar-refractivity contribution in [1.82, 2.24) is 15.5 Å². The number of nitrogens with one attached hydrogen (secondary N) is 2. The fraction of sp³-hybridized carbons (Fsp3) is 0.588. The van der Waals surface area contributed by atoms with E-state index < -0.39 is 12.7 Å². The molecule has 2 N–H and O–H groups in total. The first-order valence-corrected chi connectivity index (χ1v) is 8.31. The van der Waals surface area contributed by atoms with Gasteiger partial charge in [0.2, 0.25) is 0 Å². The summed E-state index contributed by atoms with van der Waals surface area (Å²) < 4.78 is 42.9. The summed E-state index contributed by atoms with van der Waals surface area (Å²) in [5.41, 5.74) is 1.13. The lowest BCUT2D eigenvalue weighted by Crippen LogP contribution is -2.46. The molecule has 0 bridgehead atoms. The predicted octanol–water partition coefficient (Wildman–Crippen LogP) is 2.18. The largest absolute Gasteiger partial charge is 0.492 e. The Morgan fingerprint density at radius 3 is 2.88 bits per heavy atom. The van der Waals surface area contributed by atoms with E-state index in [1.807, 2.05) is 31.2 Å². The minimum absolute atomic E-state index is 0.0359. The molecule has 1 atom stereocenters. The van der Waals surface area contributed by atoms with Gasteiger partial charge < -0.3 is 15.4 Å². The molecule has 8 heteroatoms. The van der Waals surface area contributed by atoms with Gasteiger partial charge in [0.25, 0.3) is 0 Å². The van der Waals surface area contributed by atoms with Gasteiger partial charge in [-0.2, -0.15) is 13.2 Å². The number of benzene rings is 1. The van der Waals surface area contributed by atoms with Gasteiger partial charge in [-0.1, -0.05) is 12.1 Å². The molecule has 1 unspecified atom stereocenters. The smallest absolute Gasteiger partial charge is 0.401 e. The van der Waals surface area contributed by atoms with Crippen LogP contribution in [-0.4, -0.2) is 62.9 Å². The summed E-state index contributed by atoms with van der Waals surface area (Å²) in [6.07, 6.45) is -3.49. The van der Waals surface area contributed by atoms with Crippen molar-refractivity contribution < 1.29 is 17.9 Å². The van der Waals surface area contributed by atoms with E-state index in [0.29, 0.717) is 38.6 Å². The summed E-state index contributed by atoms with van der Waals surface area (Å²) in [5, 5.41) is 6.28. The van der Waals surface area contributed by atoms with Gasteiger partial charge in [-0.15, -0.1) is 0 Å². The van der Waals surface area contributed by atoms with Crippen LogP contribution in [0.15, 0.2) is 29.3 Å². The maximum Gasteiger partial charge on any atom is 0.401 e. The molecule has 5 nitrogen and oxygen atoms in total. The quantitative estimate of drug-likeness (QED) is 0.465. The summed E-state index contributed by atoms with van der Waals surface area (Å²) in [7, 11) is 1.64. The Labute approximate surface area is 146 Å². The van der Waals surface area contributed by atoms with Crippen molar-refractivity contribution >= 4 is 5.96 Å². The van der Waals surface area contributed by atoms with Crippen LogP contribution in [0, 0.1) is 6.92 Å². The highest BCUT2D eigenvalue weighted by Gasteiger charge is 2.34. The third-order valence-electron chi connectivity index (χ3n) is 3.89. The molecule has 2 rings (SSSR count). The number of ether oxygens (including phenoxy) is 1. The lowest BCUT2D eigenvalue weighted by atomic mass is 10.2. The van der Waals surface area contributed by atoms with Crippen molar-refractivity contribution in [2.45, 2.75) is 25.6 Å². The number of nitrogens with zero attached hydrogens (tertiary/aromatic N) is 2. The molecule has 0 radical (unpaired) electrons. The number of hydrogen-bond acceptors (Lipinski definition) is 3. The molecule has 1 aromatic carbocycles. The van der Waals surface area contributed by atoms with Crippen LogP contribution in [0.1, 0.15) is 12.0 Å². The first kappa shape index (κ1) is 19.4. The van der Waals surface area contributed by atoms with E-state index in [9.17, 15) is 13.2 Å². The van der Waals surface area contributed by atoms with Crippen LogP contribution in [0.25, 0.3) is 0 Å². The monoisotopic (exact) mass is 358 g/mol. The second kappa shape index (κ2) is 8.94. The fourth-order valence-corrected chi connectivity index (χ4v) is 2.78. The minimum atomic E-state index is -4.15. The van der Waals surface area contributed by atoms with Crippen molar-refractivity contribution in [3.63, 3.8) is 0 Å². The molecule has 1 aliphatic heterocycles. The zero-order valence-electron chi connectivity index (χ0n) is 14.6. The maximum absolute atomic E-state index is 12.4. The van der Waals surface area contributed by atoms with E-state index in [1.54, 1.807) is 7.05 Å². The lowest BCUT2D eigenvalue weighted by Gasteiger charge is -2.19. The van der Waals surface area contributed by atoms with Crippen molar-refractivity contribution in [2.24, 2.45) is 4.99 Å². The lowest BCUT2D eigenvalue weighted by molar-refractivity contribution is -0.143. The molecule has 1 aromatic rings. The van der Waals surface area contributed by atoms with E-state index in [-0.39, 0.29) is 6.04 Å². The minimum Gasteiger partial charge on any atom is -0.492 e. The van der Waals surface area contributed by atoms with Crippen molar-refractivity contribution in [3.05, 3.63) is 29.8 Å². The van der Waals surface area contributed by atoms with Gasteiger partial charge in [0.1, 0.15) is 12.4 Å². The SMILES string of the molecule is CN=C(NCCOc1cccc(C)c1)NC1CCN(CC(F)(F)F)C1. The Hall–Kier alpha value is -1.96. The van der Waals surface area contributed by atoms with Crippen LogP contribution >= 0.6 is 0 Å². The number of guanidine groups is 1. The molecule has 0 aromatic heterocycles. The molecule has 25 heavy (non-hydrogen) atoms. The number of aryl methyl sites for hydroxylation is 1. The molecule has 0 aliphatic carbocycles. The molecule has 0 amide bonds. The predicted molar refractivity (Wildman–Crippen MR) is 92.1 cm³/mol. The van der Waals surface area contributed by atoms with Gasteiger partial charge in [0, 0.05) is 26.2 Å². The van der Waals surface area contributed by atoms with Gasteiger partial charge in [-0.25, -0.2) is 0 Å². The van der Waals surface area contributed by atoms with Gasteiger partial charge in [-0.3, -0.25) is 9.89 Å². The number of hydrogen-bond donors (Lipinski definition) is 2. The molecule has 0 saturated carbocycles. The number of alkyl halides is 3. The fourth-order valence-electron chi connectivity index (χ4n) is 2.78. The van der Waals surface area contributed by atoms with E-state index in [2.05, 4.69) is 15.6 Å². The van der Waals surface area contributed by atoms with E-state index in [0.717, 1.165) is 11.3 Å². The van der Waals surface area contributed by atoms with Crippen LogP contribution in [-0.2, 0) is 0 Å². The summed E-state index contributed by atoms with van der Waals surface area (Å²) in [5.74, 6) is 1.38. The second-order valence-electron chi connectivity index (χ2n) is 6.14. The first-order chi connectivity index (χ1) is 11.9. The van der Waals surface area contributed by atoms with Crippen LogP contribution in [0.3, 0.4) is 0 Å². The van der Waals surface area contributed by atoms with Gasteiger partial charge >= 0.3 is 6.18 Å². The molecule has 1 saturated heterocycles.